The fourth-order valence-electron chi connectivity index (χ4n) is 0.112. The van der Waals surface area contributed by atoms with Crippen molar-refractivity contribution in [2.45, 2.75) is 0 Å². The Hall–Kier alpha value is 1.62. The minimum Gasteiger partial charge on any atom is -0.803 e. The van der Waals surface area contributed by atoms with Crippen LogP contribution in [0.3, 0.4) is 0 Å². The van der Waals surface area contributed by atoms with Gasteiger partial charge in [-0.25, -0.2) is 4.79 Å². The van der Waals surface area contributed by atoms with Gasteiger partial charge in [0.2, 0.25) is 0 Å². The molecule has 0 heterocycles. The van der Waals surface area contributed by atoms with E-state index in [9.17, 15) is 19.1 Å². The van der Waals surface area contributed by atoms with Crippen molar-refractivity contribution >= 4 is 13.3 Å². The number of carbonyl (C=O) groups excluding carboxylic acids is 1. The van der Waals surface area contributed by atoms with Crippen LogP contribution in [0.25, 0.3) is 0 Å². The molecule has 0 aromatic carbocycles. The summed E-state index contributed by atoms with van der Waals surface area (Å²) in [7, 11) is -4.29. The predicted octanol–water partition coefficient (Wildman–Crippen LogP) is -7.33. The van der Waals surface area contributed by atoms with Crippen LogP contribution in [0, 0.1) is 0 Å². The molecule has 0 aliphatic heterocycles. The van der Waals surface area contributed by atoms with Gasteiger partial charge in [0, 0.05) is 7.60 Å². The van der Waals surface area contributed by atoms with Crippen LogP contribution >= 0.6 is 7.60 Å². The van der Waals surface area contributed by atoms with Gasteiger partial charge in [-0.15, -0.1) is 0 Å². The molecule has 0 aromatic rings. The molecule has 0 aliphatic rings. The Kier molecular flexibility index (Phi) is 12.8. The normalized spacial score (nSPS) is 8.70. The van der Waals surface area contributed by atoms with Crippen LogP contribution in [-0.2, 0) is 9.30 Å². The second kappa shape index (κ2) is 7.28. The average molecular weight is 184 g/mol. The summed E-state index contributed by atoms with van der Waals surface area (Å²) in [6, 6.07) is 0. The molecule has 0 radical (unpaired) electrons. The average Bonchev–Trinajstić information content (AvgIpc) is 1.62. The van der Waals surface area contributed by atoms with Crippen LogP contribution in [0.4, 0.5) is 4.79 Å². The second-order valence-electron chi connectivity index (χ2n) is 0.967. The van der Waals surface area contributed by atoms with Gasteiger partial charge < -0.3 is 19.1 Å². The topological polar surface area (TPSA) is 89.5 Å². The first-order chi connectivity index (χ1) is 3.48. The fourth-order valence-corrected chi connectivity index (χ4v) is 0.335. The van der Waals surface area contributed by atoms with E-state index in [0.29, 0.717) is 0 Å². The molecule has 0 saturated carbocycles. The maximum absolute atomic E-state index is 9.72. The molecule has 8 heteroatoms. The van der Waals surface area contributed by atoms with Crippen LogP contribution in [0.1, 0.15) is 0 Å². The van der Waals surface area contributed by atoms with Crippen molar-refractivity contribution in [3.8, 4) is 0 Å². The summed E-state index contributed by atoms with van der Waals surface area (Å²) in [5.41, 5.74) is -1.72. The fraction of sp³-hybridized carbons (Fsp3) is 0.500. The van der Waals surface area contributed by atoms with Crippen molar-refractivity contribution in [2.75, 3.05) is 7.11 Å². The Bertz CT molecular complexity index is 141. The number of methoxy groups -OCH3 is 1. The van der Waals surface area contributed by atoms with Gasteiger partial charge in [-0.2, -0.15) is 0 Å². The minimum atomic E-state index is -5.12. The van der Waals surface area contributed by atoms with E-state index in [-0.39, 0.29) is 59.1 Å². The molecule has 0 N–H and O–H groups in total. The molecule has 0 amide bonds. The van der Waals surface area contributed by atoms with Gasteiger partial charge in [0.1, 0.15) is 0 Å². The van der Waals surface area contributed by atoms with E-state index >= 15 is 0 Å². The molecule has 10 heavy (non-hydrogen) atoms. The maximum Gasteiger partial charge on any atom is 1.00 e. The summed E-state index contributed by atoms with van der Waals surface area (Å²) < 4.78 is 13.1. The summed E-state index contributed by atoms with van der Waals surface area (Å²) in [5.74, 6) is 0. The van der Waals surface area contributed by atoms with Crippen LogP contribution in [-0.4, -0.2) is 12.8 Å². The third kappa shape index (κ3) is 7.72. The van der Waals surface area contributed by atoms with E-state index in [2.05, 4.69) is 4.74 Å². The molecule has 0 spiro atoms. The van der Waals surface area contributed by atoms with Gasteiger partial charge in [-0.05, 0) is 0 Å². The Labute approximate surface area is 102 Å². The standard InChI is InChI=1S/C2H5O5P.2Na/c1-7-2(3)8(4,5)6;;/h1H3,(H2,4,5,6);;/q;2*+1/p-2. The van der Waals surface area contributed by atoms with Crippen LogP contribution < -0.4 is 68.9 Å². The third-order valence-corrected chi connectivity index (χ3v) is 1.03. The summed E-state index contributed by atoms with van der Waals surface area (Å²) in [6.07, 6.45) is 0. The molecular formula is C2H3Na2O5P. The van der Waals surface area contributed by atoms with Crippen molar-refractivity contribution in [3.05, 3.63) is 0 Å². The molecular weight excluding hydrogens is 181 g/mol. The molecule has 0 aromatic heterocycles. The van der Waals surface area contributed by atoms with Crippen molar-refractivity contribution < 1.29 is 83.0 Å². The van der Waals surface area contributed by atoms with Gasteiger partial charge in [0.15, 0.2) is 0 Å². The summed E-state index contributed by atoms with van der Waals surface area (Å²) in [6.45, 7) is 0. The largest absolute Gasteiger partial charge is 1.00 e. The quantitative estimate of drug-likeness (QED) is 0.298. The molecule has 0 saturated heterocycles. The molecule has 0 aliphatic carbocycles. The molecule has 0 fully saturated rings. The van der Waals surface area contributed by atoms with Crippen molar-refractivity contribution in [1.82, 2.24) is 0 Å². The van der Waals surface area contributed by atoms with Gasteiger partial charge in [-0.1, -0.05) is 0 Å². The molecule has 0 rings (SSSR count). The van der Waals surface area contributed by atoms with Crippen molar-refractivity contribution in [1.29, 1.82) is 0 Å². The molecule has 0 bridgehead atoms. The molecule has 5 nitrogen and oxygen atoms in total. The van der Waals surface area contributed by atoms with Gasteiger partial charge in [0.05, 0.1) is 7.11 Å². The van der Waals surface area contributed by atoms with E-state index in [1.54, 1.807) is 0 Å². The van der Waals surface area contributed by atoms with Gasteiger partial charge in [0.25, 0.3) is 0 Å². The first kappa shape index (κ1) is 17.6. The Morgan fingerprint density at radius 2 is 1.70 bits per heavy atom. The smallest absolute Gasteiger partial charge is 0.803 e. The molecule has 0 unspecified atom stereocenters. The summed E-state index contributed by atoms with van der Waals surface area (Å²) in [5, 5.41) is 0. The Morgan fingerprint density at radius 3 is 1.70 bits per heavy atom. The number of carbonyl (C=O) groups is 1. The van der Waals surface area contributed by atoms with Crippen LogP contribution in [0.5, 0.6) is 0 Å². The van der Waals surface area contributed by atoms with E-state index in [0.717, 1.165) is 7.11 Å². The Balaban J connectivity index is -0.000000245. The number of ether oxygens (including phenoxy) is 1. The summed E-state index contributed by atoms with van der Waals surface area (Å²) in [4.78, 5) is 28.8. The summed E-state index contributed by atoms with van der Waals surface area (Å²) >= 11 is 0. The third-order valence-electron chi connectivity index (χ3n) is 0.398. The molecule has 0 atom stereocenters. The first-order valence-corrected chi connectivity index (χ1v) is 3.13. The maximum atomic E-state index is 9.72. The zero-order valence-electron chi connectivity index (χ0n) is 5.99. The zero-order valence-corrected chi connectivity index (χ0v) is 10.9. The SMILES string of the molecule is COC(=O)P(=O)([O-])[O-].[Na+].[Na+]. The number of hydrogen-bond acceptors (Lipinski definition) is 5. The predicted molar refractivity (Wildman–Crippen MR) is 20.0 cm³/mol. The van der Waals surface area contributed by atoms with E-state index in [1.165, 1.54) is 0 Å². The number of rotatable bonds is 1. The minimum absolute atomic E-state index is 0. The monoisotopic (exact) mass is 184 g/mol. The van der Waals surface area contributed by atoms with Crippen LogP contribution in [0.2, 0.25) is 0 Å². The van der Waals surface area contributed by atoms with E-state index in [4.69, 9.17) is 0 Å². The molecule has 48 valence electrons. The van der Waals surface area contributed by atoms with Crippen molar-refractivity contribution in [3.63, 3.8) is 0 Å². The second-order valence-corrected chi connectivity index (χ2v) is 2.33. The first-order valence-electron chi connectivity index (χ1n) is 1.59. The van der Waals surface area contributed by atoms with E-state index in [1.807, 2.05) is 0 Å². The Morgan fingerprint density at radius 1 is 1.40 bits per heavy atom. The van der Waals surface area contributed by atoms with Gasteiger partial charge in [-0.3, -0.25) is 0 Å². The van der Waals surface area contributed by atoms with E-state index < -0.39 is 13.3 Å². The van der Waals surface area contributed by atoms with Gasteiger partial charge >= 0.3 is 64.8 Å². The van der Waals surface area contributed by atoms with Crippen molar-refractivity contribution in [2.24, 2.45) is 0 Å². The number of hydrogen-bond donors (Lipinski definition) is 0. The van der Waals surface area contributed by atoms with Crippen LogP contribution in [0.15, 0.2) is 0 Å². The zero-order chi connectivity index (χ0) is 6.78.